The van der Waals surface area contributed by atoms with Gasteiger partial charge in [0.05, 0.1) is 0 Å². The van der Waals surface area contributed by atoms with Gasteiger partial charge in [0.1, 0.15) is 0 Å². The molecule has 80 valence electrons. The highest BCUT2D eigenvalue weighted by molar-refractivity contribution is 5.32. The molecule has 1 aromatic rings. The third-order valence-corrected chi connectivity index (χ3v) is 2.30. The maximum Gasteiger partial charge on any atom is 0.225 e. The molecule has 0 aromatic carbocycles. The summed E-state index contributed by atoms with van der Waals surface area (Å²) >= 11 is 0. The fraction of sp³-hybridized carbons (Fsp3) is 0.778. The Kier molecular flexibility index (Phi) is 3.73. The van der Waals surface area contributed by atoms with E-state index in [1.807, 2.05) is 7.05 Å². The molecule has 0 aliphatic heterocycles. The Balaban J connectivity index is 2.41. The van der Waals surface area contributed by atoms with Crippen molar-refractivity contribution in [2.24, 2.45) is 13.0 Å². The first-order valence-electron chi connectivity index (χ1n) is 5.03. The van der Waals surface area contributed by atoms with E-state index in [4.69, 9.17) is 5.73 Å². The molecule has 0 saturated carbocycles. The molecule has 0 amide bonds. The Morgan fingerprint density at radius 3 is 2.71 bits per heavy atom. The van der Waals surface area contributed by atoms with Gasteiger partial charge in [0.15, 0.2) is 0 Å². The van der Waals surface area contributed by atoms with Crippen molar-refractivity contribution in [3.05, 3.63) is 0 Å². The van der Waals surface area contributed by atoms with Crippen LogP contribution in [0.25, 0.3) is 0 Å². The molecule has 0 bridgehead atoms. The van der Waals surface area contributed by atoms with Gasteiger partial charge in [-0.25, -0.2) is 0 Å². The lowest BCUT2D eigenvalue weighted by Gasteiger charge is -2.11. The molecule has 1 aromatic heterocycles. The van der Waals surface area contributed by atoms with Crippen LogP contribution < -0.4 is 11.1 Å². The minimum Gasteiger partial charge on any atom is -0.368 e. The second-order valence-corrected chi connectivity index (χ2v) is 3.72. The number of hydrogen-bond donors (Lipinski definition) is 2. The number of anilines is 2. The number of rotatable bonds is 5. The average Bonchev–Trinajstić information content (AvgIpc) is 2.46. The molecule has 5 heteroatoms. The van der Waals surface area contributed by atoms with Gasteiger partial charge in [0.25, 0.3) is 0 Å². The Labute approximate surface area is 84.7 Å². The highest BCUT2D eigenvalue weighted by atomic mass is 15.4. The lowest BCUT2D eigenvalue weighted by molar-refractivity contribution is 0.548. The van der Waals surface area contributed by atoms with Crippen LogP contribution in [0.2, 0.25) is 0 Å². The van der Waals surface area contributed by atoms with Gasteiger partial charge >= 0.3 is 0 Å². The fourth-order valence-corrected chi connectivity index (χ4v) is 1.36. The molecule has 1 atom stereocenters. The predicted octanol–water partition coefficient (Wildman–Crippen LogP) is 1.25. The van der Waals surface area contributed by atoms with Crippen LogP contribution in [0.5, 0.6) is 0 Å². The number of nitrogens with zero attached hydrogens (tertiary/aromatic N) is 3. The van der Waals surface area contributed by atoms with E-state index in [1.54, 1.807) is 4.57 Å². The van der Waals surface area contributed by atoms with Crippen molar-refractivity contribution in [1.29, 1.82) is 0 Å². The molecule has 0 fully saturated rings. The highest BCUT2D eigenvalue weighted by Gasteiger charge is 2.06. The van der Waals surface area contributed by atoms with Gasteiger partial charge in [-0.3, -0.25) is 4.57 Å². The minimum absolute atomic E-state index is 0.440. The predicted molar refractivity (Wildman–Crippen MR) is 58.0 cm³/mol. The van der Waals surface area contributed by atoms with Crippen molar-refractivity contribution in [3.63, 3.8) is 0 Å². The summed E-state index contributed by atoms with van der Waals surface area (Å²) in [7, 11) is 1.85. The van der Waals surface area contributed by atoms with E-state index in [0.717, 1.165) is 12.5 Å². The molecule has 14 heavy (non-hydrogen) atoms. The van der Waals surface area contributed by atoms with E-state index in [-0.39, 0.29) is 0 Å². The van der Waals surface area contributed by atoms with Crippen LogP contribution in [0.4, 0.5) is 11.9 Å². The summed E-state index contributed by atoms with van der Waals surface area (Å²) in [5, 5.41) is 10.9. The van der Waals surface area contributed by atoms with Gasteiger partial charge in [-0.1, -0.05) is 20.3 Å². The standard InChI is InChI=1S/C9H19N5/c1-4-5-7(2)6-11-9-13-12-8(10)14(9)3/h7H,4-6H2,1-3H3,(H2,10,12)(H,11,13). The molecule has 0 saturated heterocycles. The first-order valence-corrected chi connectivity index (χ1v) is 5.03. The molecular formula is C9H19N5. The van der Waals surface area contributed by atoms with Gasteiger partial charge in [0.2, 0.25) is 11.9 Å². The van der Waals surface area contributed by atoms with Crippen molar-refractivity contribution in [2.75, 3.05) is 17.6 Å². The van der Waals surface area contributed by atoms with E-state index in [1.165, 1.54) is 12.8 Å². The molecule has 0 aliphatic rings. The topological polar surface area (TPSA) is 68.8 Å². The highest BCUT2D eigenvalue weighted by Crippen LogP contribution is 2.09. The van der Waals surface area contributed by atoms with Crippen molar-refractivity contribution in [3.8, 4) is 0 Å². The quantitative estimate of drug-likeness (QED) is 0.745. The Hall–Kier alpha value is -1.26. The lowest BCUT2D eigenvalue weighted by atomic mass is 10.1. The van der Waals surface area contributed by atoms with E-state index in [0.29, 0.717) is 11.9 Å². The summed E-state index contributed by atoms with van der Waals surface area (Å²) in [6.45, 7) is 5.33. The zero-order valence-corrected chi connectivity index (χ0v) is 9.12. The summed E-state index contributed by atoms with van der Waals surface area (Å²) in [5.41, 5.74) is 5.56. The largest absolute Gasteiger partial charge is 0.368 e. The molecule has 1 rings (SSSR count). The minimum atomic E-state index is 0.440. The van der Waals surface area contributed by atoms with Gasteiger partial charge in [-0.2, -0.15) is 0 Å². The molecule has 1 unspecified atom stereocenters. The van der Waals surface area contributed by atoms with Crippen LogP contribution in [-0.4, -0.2) is 21.3 Å². The van der Waals surface area contributed by atoms with E-state index >= 15 is 0 Å². The molecular weight excluding hydrogens is 178 g/mol. The van der Waals surface area contributed by atoms with Crippen molar-refractivity contribution in [2.45, 2.75) is 26.7 Å². The monoisotopic (exact) mass is 197 g/mol. The van der Waals surface area contributed by atoms with Crippen LogP contribution in [0.3, 0.4) is 0 Å². The van der Waals surface area contributed by atoms with E-state index < -0.39 is 0 Å². The molecule has 5 nitrogen and oxygen atoms in total. The van der Waals surface area contributed by atoms with Crippen LogP contribution in [0.15, 0.2) is 0 Å². The zero-order chi connectivity index (χ0) is 10.6. The first-order chi connectivity index (χ1) is 6.65. The van der Waals surface area contributed by atoms with Gasteiger partial charge in [-0.05, 0) is 12.3 Å². The summed E-state index contributed by atoms with van der Waals surface area (Å²) in [5.74, 6) is 1.83. The summed E-state index contributed by atoms with van der Waals surface area (Å²) in [4.78, 5) is 0. The number of nitrogens with one attached hydrogen (secondary N) is 1. The number of hydrogen-bond acceptors (Lipinski definition) is 4. The third kappa shape index (κ3) is 2.61. The maximum absolute atomic E-state index is 5.56. The van der Waals surface area contributed by atoms with E-state index in [9.17, 15) is 0 Å². The first kappa shape index (κ1) is 10.8. The summed E-state index contributed by atoms with van der Waals surface area (Å²) < 4.78 is 1.75. The maximum atomic E-state index is 5.56. The van der Waals surface area contributed by atoms with Crippen LogP contribution in [0.1, 0.15) is 26.7 Å². The number of nitrogen functional groups attached to an aromatic ring is 1. The second kappa shape index (κ2) is 4.83. The molecule has 0 spiro atoms. The molecule has 0 radical (unpaired) electrons. The third-order valence-electron chi connectivity index (χ3n) is 2.30. The van der Waals surface area contributed by atoms with Gasteiger partial charge in [-0.15, -0.1) is 10.2 Å². The number of aromatic nitrogens is 3. The summed E-state index contributed by atoms with van der Waals surface area (Å²) in [6.07, 6.45) is 2.43. The Morgan fingerprint density at radius 1 is 1.50 bits per heavy atom. The van der Waals surface area contributed by atoms with Crippen LogP contribution >= 0.6 is 0 Å². The molecule has 1 heterocycles. The average molecular weight is 197 g/mol. The van der Waals surface area contributed by atoms with Crippen LogP contribution in [-0.2, 0) is 7.05 Å². The number of nitrogens with two attached hydrogens (primary N) is 1. The van der Waals surface area contributed by atoms with Crippen molar-refractivity contribution in [1.82, 2.24) is 14.8 Å². The fourth-order valence-electron chi connectivity index (χ4n) is 1.36. The second-order valence-electron chi connectivity index (χ2n) is 3.72. The molecule has 0 aliphatic carbocycles. The zero-order valence-electron chi connectivity index (χ0n) is 9.12. The molecule has 3 N–H and O–H groups in total. The van der Waals surface area contributed by atoms with Crippen molar-refractivity contribution < 1.29 is 0 Å². The van der Waals surface area contributed by atoms with Gasteiger partial charge < -0.3 is 11.1 Å². The smallest absolute Gasteiger partial charge is 0.225 e. The van der Waals surface area contributed by atoms with Crippen LogP contribution in [0, 0.1) is 5.92 Å². The SMILES string of the molecule is CCCC(C)CNc1nnc(N)n1C. The summed E-state index contributed by atoms with van der Waals surface area (Å²) in [6, 6.07) is 0. The lowest BCUT2D eigenvalue weighted by Crippen LogP contribution is -2.14. The Bertz CT molecular complexity index is 281. The normalized spacial score (nSPS) is 12.8. The van der Waals surface area contributed by atoms with Crippen molar-refractivity contribution >= 4 is 11.9 Å². The van der Waals surface area contributed by atoms with Gasteiger partial charge in [0, 0.05) is 13.6 Å². The van der Waals surface area contributed by atoms with E-state index in [2.05, 4.69) is 29.4 Å². The Morgan fingerprint density at radius 2 is 2.21 bits per heavy atom.